The Morgan fingerprint density at radius 3 is 0.827 bits per heavy atom. The summed E-state index contributed by atoms with van der Waals surface area (Å²) in [6.07, 6.45) is 119. The van der Waals surface area contributed by atoms with E-state index in [0.717, 1.165) is 148 Å². The van der Waals surface area contributed by atoms with Gasteiger partial charge in [-0.15, -0.1) is 0 Å². The molecule has 0 bridgehead atoms. The first-order valence-electron chi connectivity index (χ1n) is 38.8. The highest BCUT2D eigenvalue weighted by Crippen LogP contribution is 2.38. The molecule has 0 aromatic rings. The van der Waals surface area contributed by atoms with Gasteiger partial charge in [0.2, 0.25) is 0 Å². The first-order chi connectivity index (χ1) is 48.0. The highest BCUT2D eigenvalue weighted by Gasteiger charge is 2.22. The fourth-order valence-electron chi connectivity index (χ4n) is 9.96. The monoisotopic (exact) mass is 1370 g/mol. The molecule has 0 radical (unpaired) electrons. The van der Waals surface area contributed by atoms with Gasteiger partial charge >= 0.3 is 11.9 Å². The Bertz CT molecular complexity index is 2410. The molecule has 0 aliphatic heterocycles. The second kappa shape index (κ2) is 75.8. The summed E-state index contributed by atoms with van der Waals surface area (Å²) < 4.78 is 34.3. The Labute approximate surface area is 602 Å². The van der Waals surface area contributed by atoms with Crippen molar-refractivity contribution in [2.45, 2.75) is 290 Å². The zero-order valence-corrected chi connectivity index (χ0v) is 63.8. The molecule has 0 aliphatic carbocycles. The van der Waals surface area contributed by atoms with Crippen LogP contribution in [0, 0.1) is 0 Å². The van der Waals surface area contributed by atoms with Crippen molar-refractivity contribution in [3.05, 3.63) is 207 Å². The van der Waals surface area contributed by atoms with Crippen LogP contribution in [-0.2, 0) is 32.7 Å². The summed E-state index contributed by atoms with van der Waals surface area (Å²) in [6.45, 7) is 3.96. The van der Waals surface area contributed by atoms with Crippen molar-refractivity contribution in [2.75, 3.05) is 47.5 Å². The second-order valence-electron chi connectivity index (χ2n) is 26.3. The molecule has 0 amide bonds. The van der Waals surface area contributed by atoms with Gasteiger partial charge in [-0.25, -0.2) is 0 Å². The van der Waals surface area contributed by atoms with E-state index in [1.54, 1.807) is 0 Å². The third-order valence-electron chi connectivity index (χ3n) is 15.8. The van der Waals surface area contributed by atoms with E-state index in [-0.39, 0.29) is 26.1 Å². The highest BCUT2D eigenvalue weighted by atomic mass is 31.2. The van der Waals surface area contributed by atoms with Gasteiger partial charge in [0.1, 0.15) is 19.8 Å². The molecule has 2 atom stereocenters. The van der Waals surface area contributed by atoms with E-state index in [2.05, 4.69) is 220 Å². The van der Waals surface area contributed by atoms with Gasteiger partial charge in [0.25, 0.3) is 7.82 Å². The molecule has 0 saturated carbocycles. The molecular weight excluding hydrogens is 1230 g/mol. The largest absolute Gasteiger partial charge is 0.756 e. The lowest BCUT2D eigenvalue weighted by Crippen LogP contribution is -2.37. The fraction of sp³-hybridized carbons (Fsp3) is 0.591. The molecule has 0 rings (SSSR count). The van der Waals surface area contributed by atoms with Crippen molar-refractivity contribution in [1.82, 2.24) is 0 Å². The lowest BCUT2D eigenvalue weighted by atomic mass is 10.0. The lowest BCUT2D eigenvalue weighted by Gasteiger charge is -2.28. The number of hydrogen-bond donors (Lipinski definition) is 0. The molecule has 0 spiro atoms. The molecule has 0 aromatic carbocycles. The minimum absolute atomic E-state index is 0.0473. The van der Waals surface area contributed by atoms with Crippen molar-refractivity contribution >= 4 is 19.8 Å². The van der Waals surface area contributed by atoms with Gasteiger partial charge < -0.3 is 27.9 Å². The Morgan fingerprint density at radius 1 is 0.316 bits per heavy atom. The van der Waals surface area contributed by atoms with Crippen LogP contribution in [0.15, 0.2) is 207 Å². The Kier molecular flexibility index (Phi) is 71.6. The van der Waals surface area contributed by atoms with Crippen LogP contribution in [0.2, 0.25) is 0 Å². The standard InChI is InChI=1S/C88H142NO8P/c1-6-8-10-12-14-16-18-20-22-24-26-28-30-32-34-36-38-40-42-44-46-48-50-52-54-56-58-60-62-64-66-68-70-72-74-76-78-80-87(90)94-84-86(85-96-98(92,93)95-83-82-89(3,4)5)97-88(91)81-79-77-75-73-71-69-67-65-63-61-59-57-55-53-51-49-47-45-43-41-39-37-35-33-31-29-27-25-23-21-19-17-15-13-11-9-7-2/h8-11,14-17,20-23,26-29,32-35,38-41,45,47,51,53,57,59,63,65,69,71,86H,6-7,12-13,18-19,24-25,30-31,36-37,42-44,46,48-50,52,54-56,58,60-62,64,66-68,70,72-85H2,1-5H3/b10-8-,11-9-,16-14-,17-15-,22-20-,23-21-,28-26-,29-27-,34-32-,35-33-,40-38-,41-39-,47-45-,53-51-,59-57-,65-63-,71-69-. The number of likely N-dealkylation sites (N-methyl/N-ethyl adjacent to an activating group) is 1. The van der Waals surface area contributed by atoms with Crippen LogP contribution in [0.3, 0.4) is 0 Å². The molecule has 9 nitrogen and oxygen atoms in total. The molecule has 0 aliphatic rings. The van der Waals surface area contributed by atoms with Gasteiger partial charge in [-0.05, 0) is 148 Å². The number of nitrogens with zero attached hydrogens (tertiary/aromatic N) is 1. The van der Waals surface area contributed by atoms with Crippen LogP contribution in [0.4, 0.5) is 0 Å². The van der Waals surface area contributed by atoms with Gasteiger partial charge in [0, 0.05) is 12.8 Å². The quantitative estimate of drug-likeness (QED) is 0.0195. The summed E-state index contributed by atoms with van der Waals surface area (Å²) in [7, 11) is 1.12. The van der Waals surface area contributed by atoms with Crippen molar-refractivity contribution in [3.8, 4) is 0 Å². The van der Waals surface area contributed by atoms with Crippen molar-refractivity contribution in [3.63, 3.8) is 0 Å². The van der Waals surface area contributed by atoms with E-state index in [0.29, 0.717) is 17.4 Å². The smallest absolute Gasteiger partial charge is 0.306 e. The zero-order chi connectivity index (χ0) is 71.1. The number of phosphoric ester groups is 1. The average molecular weight is 1370 g/mol. The number of rotatable bonds is 69. The Morgan fingerprint density at radius 2 is 0.551 bits per heavy atom. The van der Waals surface area contributed by atoms with Crippen LogP contribution in [-0.4, -0.2) is 70.0 Å². The number of hydrogen-bond acceptors (Lipinski definition) is 8. The Balaban J connectivity index is 4.12. The van der Waals surface area contributed by atoms with E-state index < -0.39 is 32.5 Å². The summed E-state index contributed by atoms with van der Waals surface area (Å²) >= 11 is 0. The van der Waals surface area contributed by atoms with Crippen LogP contribution < -0.4 is 4.89 Å². The normalized spacial score (nSPS) is 14.2. The number of allylic oxidation sites excluding steroid dienone is 34. The van der Waals surface area contributed by atoms with E-state index in [4.69, 9.17) is 18.5 Å². The summed E-state index contributed by atoms with van der Waals surface area (Å²) in [6, 6.07) is 0. The SMILES string of the molecule is CC/C=C\C/C=C\C/C=C\C/C=C\C/C=C\C/C=C\C/C=C\C/C=C\C/C=C\C/C=C\C/C=C\CCCCCC(=O)OC(COC(=O)CCCCCCCCCCCCCCCCCCCC/C=C\C/C=C\C/C=C\C/C=C\C/C=C\C/C=C\CC)COP(=O)([O-])OCC[N+](C)(C)C. The summed E-state index contributed by atoms with van der Waals surface area (Å²) in [5.74, 6) is -0.879. The van der Waals surface area contributed by atoms with Crippen molar-refractivity contribution < 1.29 is 42.1 Å². The highest BCUT2D eigenvalue weighted by molar-refractivity contribution is 7.45. The maximum atomic E-state index is 12.9. The van der Waals surface area contributed by atoms with E-state index in [9.17, 15) is 19.0 Å². The van der Waals surface area contributed by atoms with Gasteiger partial charge in [0.05, 0.1) is 27.7 Å². The molecule has 98 heavy (non-hydrogen) atoms. The number of quaternary nitrogens is 1. The summed E-state index contributed by atoms with van der Waals surface area (Å²) in [5, 5.41) is 0. The second-order valence-corrected chi connectivity index (χ2v) is 27.7. The van der Waals surface area contributed by atoms with E-state index >= 15 is 0 Å². The fourth-order valence-corrected chi connectivity index (χ4v) is 10.7. The molecule has 552 valence electrons. The third kappa shape index (κ3) is 79.6. The Hall–Kier alpha value is -5.41. The molecule has 0 saturated heterocycles. The number of carbonyl (C=O) groups is 2. The average Bonchev–Trinajstić information content (AvgIpc) is 1.08. The molecule has 10 heteroatoms. The minimum atomic E-state index is -4.67. The zero-order valence-electron chi connectivity index (χ0n) is 62.9. The van der Waals surface area contributed by atoms with Crippen LogP contribution in [0.25, 0.3) is 0 Å². The van der Waals surface area contributed by atoms with Crippen molar-refractivity contribution in [2.24, 2.45) is 0 Å². The number of ether oxygens (including phenoxy) is 2. The van der Waals surface area contributed by atoms with Gasteiger partial charge in [-0.2, -0.15) is 0 Å². The van der Waals surface area contributed by atoms with Gasteiger partial charge in [-0.1, -0.05) is 330 Å². The summed E-state index contributed by atoms with van der Waals surface area (Å²) in [4.78, 5) is 38.2. The van der Waals surface area contributed by atoms with Gasteiger partial charge in [-0.3, -0.25) is 14.2 Å². The van der Waals surface area contributed by atoms with E-state index in [1.807, 2.05) is 21.1 Å². The lowest BCUT2D eigenvalue weighted by molar-refractivity contribution is -0.870. The van der Waals surface area contributed by atoms with Crippen LogP contribution in [0.5, 0.6) is 0 Å². The first-order valence-corrected chi connectivity index (χ1v) is 40.3. The number of phosphoric acid groups is 1. The predicted molar refractivity (Wildman–Crippen MR) is 424 cm³/mol. The topological polar surface area (TPSA) is 111 Å². The molecular formula is C88H142NO8P. The van der Waals surface area contributed by atoms with Crippen molar-refractivity contribution in [1.29, 1.82) is 0 Å². The first kappa shape index (κ1) is 92.6. The van der Waals surface area contributed by atoms with E-state index in [1.165, 1.54) is 103 Å². The third-order valence-corrected chi connectivity index (χ3v) is 16.8. The molecule has 0 N–H and O–H groups in total. The minimum Gasteiger partial charge on any atom is -0.756 e. The van der Waals surface area contributed by atoms with Crippen LogP contribution in [0.1, 0.15) is 284 Å². The predicted octanol–water partition coefficient (Wildman–Crippen LogP) is 25.5. The van der Waals surface area contributed by atoms with Gasteiger partial charge in [0.15, 0.2) is 6.10 Å². The molecule has 0 heterocycles. The number of esters is 2. The molecule has 2 unspecified atom stereocenters. The number of carbonyl (C=O) groups excluding carboxylic acids is 2. The summed E-state index contributed by atoms with van der Waals surface area (Å²) in [5.41, 5.74) is 0. The molecule has 0 fully saturated rings. The molecule has 0 aromatic heterocycles. The maximum Gasteiger partial charge on any atom is 0.306 e. The maximum absolute atomic E-state index is 12.9. The van der Waals surface area contributed by atoms with Crippen LogP contribution >= 0.6 is 7.82 Å². The number of unbranched alkanes of at least 4 members (excludes halogenated alkanes) is 21.